The van der Waals surface area contributed by atoms with Crippen molar-refractivity contribution in [1.82, 2.24) is 5.32 Å². The van der Waals surface area contributed by atoms with Gasteiger partial charge in [-0.3, -0.25) is 5.32 Å². The normalized spacial score (nSPS) is 13.7. The van der Waals surface area contributed by atoms with Crippen LogP contribution in [0.3, 0.4) is 0 Å². The van der Waals surface area contributed by atoms with Crippen LogP contribution in [-0.2, 0) is 0 Å². The summed E-state index contributed by atoms with van der Waals surface area (Å²) in [5.41, 5.74) is 0. The average Bonchev–Trinajstić information content (AvgIpc) is 1.85. The highest BCUT2D eigenvalue weighted by Gasteiger charge is 1.97. The Hall–Kier alpha value is 0.270. The molecule has 0 aromatic rings. The zero-order chi connectivity index (χ0) is 7.11. The summed E-state index contributed by atoms with van der Waals surface area (Å²) in [7, 11) is 0. The summed E-state index contributed by atoms with van der Waals surface area (Å²) in [5.74, 6) is 0.779. The van der Waals surface area contributed by atoms with Gasteiger partial charge in [-0.15, -0.1) is 0 Å². The van der Waals surface area contributed by atoms with Crippen LogP contribution in [0.2, 0.25) is 0 Å². The van der Waals surface area contributed by atoms with E-state index in [1.165, 1.54) is 0 Å². The highest BCUT2D eigenvalue weighted by molar-refractivity contribution is 7.80. The molecule has 0 bridgehead atoms. The van der Waals surface area contributed by atoms with Crippen LogP contribution < -0.4 is 5.32 Å². The summed E-state index contributed by atoms with van der Waals surface area (Å²) in [6.07, 6.45) is 1.51. The molecule has 1 atom stereocenters. The van der Waals surface area contributed by atoms with Crippen molar-refractivity contribution in [3.05, 3.63) is 0 Å². The molecule has 0 aromatic carbocycles. The maximum atomic E-state index is 9.04. The highest BCUT2D eigenvalue weighted by Crippen LogP contribution is 1.90. The molecule has 0 spiro atoms. The van der Waals surface area contributed by atoms with E-state index in [0.717, 1.165) is 25.1 Å². The number of nitrogens with one attached hydrogen (secondary N) is 1. The Labute approximate surface area is 62.1 Å². The Balaban J connectivity index is 2.95. The predicted molar refractivity (Wildman–Crippen MR) is 42.8 cm³/mol. The lowest BCUT2D eigenvalue weighted by molar-refractivity contribution is 0.129. The fourth-order valence-electron chi connectivity index (χ4n) is 0.607. The molecule has 0 saturated heterocycles. The summed E-state index contributed by atoms with van der Waals surface area (Å²) in [6.45, 7) is 2.83. The smallest absolute Gasteiger partial charge is 0.104 e. The summed E-state index contributed by atoms with van der Waals surface area (Å²) in [6, 6.07) is 0. The van der Waals surface area contributed by atoms with Crippen LogP contribution in [-0.4, -0.2) is 23.6 Å². The molecule has 0 heterocycles. The first-order chi connectivity index (χ1) is 4.31. The Morgan fingerprint density at radius 1 is 1.67 bits per heavy atom. The van der Waals surface area contributed by atoms with Crippen LogP contribution in [0.15, 0.2) is 0 Å². The summed E-state index contributed by atoms with van der Waals surface area (Å²) >= 11 is 3.99. The lowest BCUT2D eigenvalue weighted by Crippen LogP contribution is -2.29. The third-order valence-corrected chi connectivity index (χ3v) is 1.28. The van der Waals surface area contributed by atoms with E-state index in [2.05, 4.69) is 17.9 Å². The quantitative estimate of drug-likeness (QED) is 0.395. The van der Waals surface area contributed by atoms with Crippen LogP contribution in [0.25, 0.3) is 0 Å². The number of aliphatic hydroxyl groups excluding tert-OH is 1. The number of aliphatic hydroxyl groups is 1. The molecular weight excluding hydrogens is 134 g/mol. The number of thiol groups is 1. The van der Waals surface area contributed by atoms with Crippen molar-refractivity contribution in [3.8, 4) is 0 Å². The van der Waals surface area contributed by atoms with Crippen molar-refractivity contribution in [3.63, 3.8) is 0 Å². The van der Waals surface area contributed by atoms with Crippen LogP contribution in [0.4, 0.5) is 0 Å². The van der Waals surface area contributed by atoms with E-state index in [0.29, 0.717) is 0 Å². The first kappa shape index (κ1) is 9.27. The van der Waals surface area contributed by atoms with Gasteiger partial charge in [0.2, 0.25) is 0 Å². The summed E-state index contributed by atoms with van der Waals surface area (Å²) in [4.78, 5) is 0. The molecule has 2 nitrogen and oxygen atoms in total. The maximum absolute atomic E-state index is 9.04. The van der Waals surface area contributed by atoms with Crippen LogP contribution in [0, 0.1) is 0 Å². The molecule has 56 valence electrons. The first-order valence-corrected chi connectivity index (χ1v) is 3.96. The monoisotopic (exact) mass is 149 g/mol. The molecule has 0 aliphatic carbocycles. The van der Waals surface area contributed by atoms with Crippen molar-refractivity contribution in [2.75, 3.05) is 12.3 Å². The molecule has 0 aromatic heterocycles. The van der Waals surface area contributed by atoms with Crippen molar-refractivity contribution in [2.24, 2.45) is 0 Å². The van der Waals surface area contributed by atoms with Gasteiger partial charge < -0.3 is 5.11 Å². The molecule has 0 aliphatic heterocycles. The first-order valence-electron chi connectivity index (χ1n) is 3.33. The second-order valence-corrected chi connectivity index (χ2v) is 2.43. The van der Waals surface area contributed by atoms with Gasteiger partial charge in [0.05, 0.1) is 0 Å². The molecule has 0 aliphatic rings. The van der Waals surface area contributed by atoms with E-state index >= 15 is 0 Å². The molecule has 1 unspecified atom stereocenters. The van der Waals surface area contributed by atoms with Gasteiger partial charge in [0, 0.05) is 12.3 Å². The minimum absolute atomic E-state index is 0.331. The van der Waals surface area contributed by atoms with Crippen molar-refractivity contribution in [2.45, 2.75) is 26.0 Å². The van der Waals surface area contributed by atoms with Gasteiger partial charge in [-0.25, -0.2) is 0 Å². The topological polar surface area (TPSA) is 32.3 Å². The fourth-order valence-corrected chi connectivity index (χ4v) is 0.736. The van der Waals surface area contributed by atoms with Crippen LogP contribution in [0.5, 0.6) is 0 Å². The second-order valence-electron chi connectivity index (χ2n) is 1.98. The minimum Gasteiger partial charge on any atom is -0.379 e. The second kappa shape index (κ2) is 6.39. The molecular formula is C6H15NOS. The van der Waals surface area contributed by atoms with E-state index in [9.17, 15) is 0 Å². The zero-order valence-electron chi connectivity index (χ0n) is 5.80. The average molecular weight is 149 g/mol. The SMILES string of the molecule is CCCC(O)NCCS. The Bertz CT molecular complexity index is 61.0. The largest absolute Gasteiger partial charge is 0.379 e. The highest BCUT2D eigenvalue weighted by atomic mass is 32.1. The third-order valence-electron chi connectivity index (χ3n) is 1.05. The van der Waals surface area contributed by atoms with E-state index in [1.54, 1.807) is 0 Å². The molecule has 0 radical (unpaired) electrons. The standard InChI is InChI=1S/C6H15NOS/c1-2-3-6(8)7-4-5-9/h6-9H,2-5H2,1H3. The van der Waals surface area contributed by atoms with Gasteiger partial charge in [0.25, 0.3) is 0 Å². The van der Waals surface area contributed by atoms with Crippen molar-refractivity contribution >= 4 is 12.6 Å². The van der Waals surface area contributed by atoms with Crippen molar-refractivity contribution < 1.29 is 5.11 Å². The minimum atomic E-state index is -0.331. The molecule has 0 rings (SSSR count). The summed E-state index contributed by atoms with van der Waals surface area (Å²) in [5, 5.41) is 11.9. The number of hydrogen-bond acceptors (Lipinski definition) is 3. The lowest BCUT2D eigenvalue weighted by Gasteiger charge is -2.09. The predicted octanol–water partition coefficient (Wildman–Crippen LogP) is 0.624. The Morgan fingerprint density at radius 2 is 2.33 bits per heavy atom. The fraction of sp³-hybridized carbons (Fsp3) is 1.00. The van der Waals surface area contributed by atoms with Gasteiger partial charge >= 0.3 is 0 Å². The molecule has 9 heavy (non-hydrogen) atoms. The summed E-state index contributed by atoms with van der Waals surface area (Å²) < 4.78 is 0. The van der Waals surface area contributed by atoms with Gasteiger partial charge in [0.1, 0.15) is 6.23 Å². The molecule has 2 N–H and O–H groups in total. The van der Waals surface area contributed by atoms with Crippen LogP contribution in [0.1, 0.15) is 19.8 Å². The molecule has 0 amide bonds. The zero-order valence-corrected chi connectivity index (χ0v) is 6.69. The van der Waals surface area contributed by atoms with Gasteiger partial charge in [-0.2, -0.15) is 12.6 Å². The third kappa shape index (κ3) is 6.15. The van der Waals surface area contributed by atoms with Crippen molar-refractivity contribution in [1.29, 1.82) is 0 Å². The number of hydrogen-bond donors (Lipinski definition) is 3. The lowest BCUT2D eigenvalue weighted by atomic mass is 10.3. The maximum Gasteiger partial charge on any atom is 0.104 e. The van der Waals surface area contributed by atoms with E-state index in [4.69, 9.17) is 5.11 Å². The molecule has 3 heteroatoms. The molecule has 0 fully saturated rings. The van der Waals surface area contributed by atoms with E-state index < -0.39 is 0 Å². The van der Waals surface area contributed by atoms with Gasteiger partial charge in [-0.05, 0) is 6.42 Å². The Morgan fingerprint density at radius 3 is 2.78 bits per heavy atom. The molecule has 0 saturated carbocycles. The van der Waals surface area contributed by atoms with Gasteiger partial charge in [0.15, 0.2) is 0 Å². The van der Waals surface area contributed by atoms with E-state index in [-0.39, 0.29) is 6.23 Å². The van der Waals surface area contributed by atoms with Crippen LogP contribution >= 0.6 is 12.6 Å². The number of rotatable bonds is 5. The van der Waals surface area contributed by atoms with Gasteiger partial charge in [-0.1, -0.05) is 13.3 Å². The Kier molecular flexibility index (Phi) is 6.58. The van der Waals surface area contributed by atoms with E-state index in [1.807, 2.05) is 6.92 Å².